The lowest BCUT2D eigenvalue weighted by molar-refractivity contribution is 0.590. The van der Waals surface area contributed by atoms with Crippen LogP contribution in [-0.2, 0) is 5.41 Å². The molecule has 5 aromatic rings. The normalized spacial score (nSPS) is 11.3. The summed E-state index contributed by atoms with van der Waals surface area (Å²) in [7, 11) is 0. The van der Waals surface area contributed by atoms with E-state index in [4.69, 9.17) is 5.73 Å². The minimum absolute atomic E-state index is 0.0646. The first kappa shape index (κ1) is 23.4. The van der Waals surface area contributed by atoms with E-state index in [1.54, 1.807) is 0 Å². The Labute approximate surface area is 214 Å². The Morgan fingerprint density at radius 2 is 1.08 bits per heavy atom. The van der Waals surface area contributed by atoms with E-state index in [0.717, 1.165) is 33.8 Å². The summed E-state index contributed by atoms with van der Waals surface area (Å²) >= 11 is 0. The average Bonchev–Trinajstić information content (AvgIpc) is 2.90. The number of para-hydroxylation sites is 3. The van der Waals surface area contributed by atoms with E-state index in [1.165, 1.54) is 22.3 Å². The van der Waals surface area contributed by atoms with Gasteiger partial charge in [0, 0.05) is 11.1 Å². The molecular formula is C34H32N2. The molecule has 3 N–H and O–H groups in total. The SMILES string of the molecule is CC(C)(C)c1cccc(-c2cccc(-c3cccc(-c4ccccc4)c3)c2Nc2ccccc2N)c1. The van der Waals surface area contributed by atoms with E-state index in [0.29, 0.717) is 0 Å². The van der Waals surface area contributed by atoms with Crippen molar-refractivity contribution >= 4 is 17.1 Å². The Morgan fingerprint density at radius 1 is 0.528 bits per heavy atom. The van der Waals surface area contributed by atoms with Gasteiger partial charge in [0.1, 0.15) is 0 Å². The molecule has 0 spiro atoms. The summed E-state index contributed by atoms with van der Waals surface area (Å²) < 4.78 is 0. The lowest BCUT2D eigenvalue weighted by Crippen LogP contribution is -2.10. The highest BCUT2D eigenvalue weighted by atomic mass is 14.9. The topological polar surface area (TPSA) is 38.0 Å². The molecule has 0 heterocycles. The van der Waals surface area contributed by atoms with E-state index in [1.807, 2.05) is 24.3 Å². The minimum atomic E-state index is 0.0646. The summed E-state index contributed by atoms with van der Waals surface area (Å²) in [6.45, 7) is 6.75. The second-order valence-corrected chi connectivity index (χ2v) is 10.2. The number of rotatable bonds is 5. The van der Waals surface area contributed by atoms with E-state index >= 15 is 0 Å². The summed E-state index contributed by atoms with van der Waals surface area (Å²) in [4.78, 5) is 0. The number of nitrogen functional groups attached to an aromatic ring is 1. The number of nitrogens with one attached hydrogen (secondary N) is 1. The Hall–Kier alpha value is -4.30. The predicted octanol–water partition coefficient (Wildman–Crippen LogP) is 9.31. The summed E-state index contributed by atoms with van der Waals surface area (Å²) in [5.74, 6) is 0. The maximum absolute atomic E-state index is 6.36. The molecule has 0 amide bonds. The second-order valence-electron chi connectivity index (χ2n) is 10.2. The zero-order chi connectivity index (χ0) is 25.1. The van der Waals surface area contributed by atoms with Gasteiger partial charge in [0.15, 0.2) is 0 Å². The van der Waals surface area contributed by atoms with Crippen LogP contribution in [0.1, 0.15) is 26.3 Å². The van der Waals surface area contributed by atoms with E-state index in [-0.39, 0.29) is 5.41 Å². The zero-order valence-corrected chi connectivity index (χ0v) is 21.1. The van der Waals surface area contributed by atoms with Gasteiger partial charge in [0.05, 0.1) is 17.1 Å². The first-order valence-electron chi connectivity index (χ1n) is 12.4. The monoisotopic (exact) mass is 468 g/mol. The maximum atomic E-state index is 6.36. The van der Waals surface area contributed by atoms with Crippen molar-refractivity contribution in [3.63, 3.8) is 0 Å². The lowest BCUT2D eigenvalue weighted by atomic mass is 9.85. The first-order chi connectivity index (χ1) is 17.4. The van der Waals surface area contributed by atoms with Crippen LogP contribution < -0.4 is 11.1 Å². The quantitative estimate of drug-likeness (QED) is 0.252. The minimum Gasteiger partial charge on any atom is -0.397 e. The van der Waals surface area contributed by atoms with Crippen LogP contribution >= 0.6 is 0 Å². The van der Waals surface area contributed by atoms with Gasteiger partial charge in [-0.1, -0.05) is 124 Å². The molecule has 5 rings (SSSR count). The van der Waals surface area contributed by atoms with Gasteiger partial charge in [-0.3, -0.25) is 0 Å². The predicted molar refractivity (Wildman–Crippen MR) is 156 cm³/mol. The van der Waals surface area contributed by atoms with Crippen molar-refractivity contribution in [2.45, 2.75) is 26.2 Å². The molecule has 2 nitrogen and oxygen atoms in total. The van der Waals surface area contributed by atoms with Crippen molar-refractivity contribution in [2.24, 2.45) is 0 Å². The average molecular weight is 469 g/mol. The fraction of sp³-hybridized carbons (Fsp3) is 0.118. The molecule has 0 fully saturated rings. The molecule has 0 saturated heterocycles. The van der Waals surface area contributed by atoms with Crippen molar-refractivity contribution in [3.05, 3.63) is 127 Å². The van der Waals surface area contributed by atoms with E-state index in [2.05, 4.69) is 123 Å². The fourth-order valence-corrected chi connectivity index (χ4v) is 4.56. The van der Waals surface area contributed by atoms with Gasteiger partial charge >= 0.3 is 0 Å². The summed E-state index contributed by atoms with van der Waals surface area (Å²) in [6, 6.07) is 42.5. The molecule has 0 aliphatic heterocycles. The number of anilines is 3. The van der Waals surface area contributed by atoms with Gasteiger partial charge in [-0.05, 0) is 51.4 Å². The van der Waals surface area contributed by atoms with Crippen LogP contribution in [0.4, 0.5) is 17.1 Å². The van der Waals surface area contributed by atoms with Crippen LogP contribution in [0.5, 0.6) is 0 Å². The van der Waals surface area contributed by atoms with Gasteiger partial charge in [-0.15, -0.1) is 0 Å². The van der Waals surface area contributed by atoms with Crippen molar-refractivity contribution < 1.29 is 0 Å². The highest BCUT2D eigenvalue weighted by Crippen LogP contribution is 2.41. The van der Waals surface area contributed by atoms with Gasteiger partial charge in [0.2, 0.25) is 0 Å². The zero-order valence-electron chi connectivity index (χ0n) is 21.1. The van der Waals surface area contributed by atoms with Crippen molar-refractivity contribution in [1.29, 1.82) is 0 Å². The summed E-state index contributed by atoms with van der Waals surface area (Å²) in [6.07, 6.45) is 0. The smallest absolute Gasteiger partial charge is 0.0618 e. The van der Waals surface area contributed by atoms with Crippen LogP contribution in [0.25, 0.3) is 33.4 Å². The molecule has 0 atom stereocenters. The molecule has 36 heavy (non-hydrogen) atoms. The molecular weight excluding hydrogens is 436 g/mol. The standard InChI is InChI=1S/C34H32N2/c1-34(2,3)28-17-10-16-27(23-28)30-19-11-18-29(33(30)36-32-21-8-7-20-31(32)35)26-15-9-14-25(22-26)24-12-5-4-6-13-24/h4-23,36H,35H2,1-3H3. The van der Waals surface area contributed by atoms with Gasteiger partial charge in [-0.2, -0.15) is 0 Å². The van der Waals surface area contributed by atoms with Gasteiger partial charge in [0.25, 0.3) is 0 Å². The highest BCUT2D eigenvalue weighted by Gasteiger charge is 2.17. The van der Waals surface area contributed by atoms with E-state index in [9.17, 15) is 0 Å². The summed E-state index contributed by atoms with van der Waals surface area (Å²) in [5.41, 5.74) is 17.4. The molecule has 178 valence electrons. The molecule has 2 heteroatoms. The lowest BCUT2D eigenvalue weighted by Gasteiger charge is -2.22. The van der Waals surface area contributed by atoms with Crippen LogP contribution in [0.15, 0.2) is 121 Å². The molecule has 0 saturated carbocycles. The third-order valence-corrected chi connectivity index (χ3v) is 6.61. The third-order valence-electron chi connectivity index (χ3n) is 6.61. The Kier molecular flexibility index (Phi) is 6.35. The Bertz CT molecular complexity index is 1490. The van der Waals surface area contributed by atoms with Crippen LogP contribution in [0, 0.1) is 0 Å². The molecule has 5 aromatic carbocycles. The van der Waals surface area contributed by atoms with Crippen LogP contribution in [0.2, 0.25) is 0 Å². The van der Waals surface area contributed by atoms with Crippen LogP contribution in [0.3, 0.4) is 0 Å². The molecule has 0 aliphatic carbocycles. The summed E-state index contributed by atoms with van der Waals surface area (Å²) in [5, 5.41) is 3.70. The molecule has 0 aliphatic rings. The van der Waals surface area contributed by atoms with E-state index < -0.39 is 0 Å². The van der Waals surface area contributed by atoms with Crippen molar-refractivity contribution in [3.8, 4) is 33.4 Å². The largest absolute Gasteiger partial charge is 0.397 e. The number of hydrogen-bond donors (Lipinski definition) is 2. The number of benzene rings is 5. The maximum Gasteiger partial charge on any atom is 0.0618 e. The first-order valence-corrected chi connectivity index (χ1v) is 12.4. The van der Waals surface area contributed by atoms with Gasteiger partial charge in [-0.25, -0.2) is 0 Å². The highest BCUT2D eigenvalue weighted by molar-refractivity contribution is 5.94. The van der Waals surface area contributed by atoms with Gasteiger partial charge < -0.3 is 11.1 Å². The fourth-order valence-electron chi connectivity index (χ4n) is 4.56. The molecule has 0 bridgehead atoms. The molecule has 0 radical (unpaired) electrons. The van der Waals surface area contributed by atoms with Crippen LogP contribution in [-0.4, -0.2) is 0 Å². The second kappa shape index (κ2) is 9.75. The number of hydrogen-bond acceptors (Lipinski definition) is 2. The Balaban J connectivity index is 1.70. The Morgan fingerprint density at radius 3 is 1.78 bits per heavy atom. The van der Waals surface area contributed by atoms with Crippen molar-refractivity contribution in [1.82, 2.24) is 0 Å². The third kappa shape index (κ3) is 4.89. The molecule has 0 aromatic heterocycles. The number of nitrogens with two attached hydrogens (primary N) is 1. The molecule has 0 unspecified atom stereocenters. The van der Waals surface area contributed by atoms with Crippen molar-refractivity contribution in [2.75, 3.05) is 11.1 Å².